The monoisotopic (exact) mass is 712 g/mol. The van der Waals surface area contributed by atoms with E-state index in [1.165, 1.54) is 22.9 Å². The van der Waals surface area contributed by atoms with Crippen molar-refractivity contribution in [3.05, 3.63) is 29.3 Å². The average Bonchev–Trinajstić information content (AvgIpc) is 3.46. The van der Waals surface area contributed by atoms with Crippen molar-refractivity contribution >= 4 is 22.2 Å². The van der Waals surface area contributed by atoms with E-state index in [2.05, 4.69) is 19.1 Å². The first-order chi connectivity index (χ1) is 22.3. The van der Waals surface area contributed by atoms with Gasteiger partial charge in [-0.2, -0.15) is 42.1 Å². The lowest BCUT2D eigenvalue weighted by Gasteiger charge is -2.53. The van der Waals surface area contributed by atoms with Gasteiger partial charge >= 0.3 is 22.5 Å². The van der Waals surface area contributed by atoms with Crippen LogP contribution in [-0.2, 0) is 29.9 Å². The summed E-state index contributed by atoms with van der Waals surface area (Å²) in [5.41, 5.74) is 2.50. The minimum Gasteiger partial charge on any atom is -0.468 e. The molecule has 0 N–H and O–H groups in total. The van der Waals surface area contributed by atoms with Crippen molar-refractivity contribution in [3.8, 4) is 5.75 Å². The molecule has 2 saturated carbocycles. The van der Waals surface area contributed by atoms with Crippen molar-refractivity contribution in [2.24, 2.45) is 23.2 Å². The van der Waals surface area contributed by atoms with Crippen LogP contribution in [0.1, 0.15) is 107 Å². The zero-order chi connectivity index (χ0) is 33.9. The van der Waals surface area contributed by atoms with Gasteiger partial charge in [-0.05, 0) is 103 Å². The molecule has 1 aliphatic heterocycles. The van der Waals surface area contributed by atoms with Crippen LogP contribution in [0.2, 0.25) is 0 Å². The Kier molecular flexibility index (Phi) is 12.2. The van der Waals surface area contributed by atoms with Crippen LogP contribution >= 0.6 is 11.8 Å². The summed E-state index contributed by atoms with van der Waals surface area (Å²) in [6.07, 6.45) is 4.69. The number of unbranched alkanes of at least 4 members (excludes halogenated alkanes) is 6. The fraction of sp³-hybridized carbons (Fsp3) is 0.824. The summed E-state index contributed by atoms with van der Waals surface area (Å²) in [5.74, 6) is -1.04. The summed E-state index contributed by atoms with van der Waals surface area (Å²) in [6.45, 7) is 2.41. The van der Waals surface area contributed by atoms with Crippen molar-refractivity contribution < 1.29 is 48.2 Å². The highest BCUT2D eigenvalue weighted by molar-refractivity contribution is 7.99. The lowest BCUT2D eigenvalue weighted by molar-refractivity contribution is -0.284. The van der Waals surface area contributed by atoms with Gasteiger partial charge in [0, 0.05) is 18.9 Å². The number of thioether (sulfide) groups is 1. The van der Waals surface area contributed by atoms with Gasteiger partial charge < -0.3 is 9.47 Å². The molecule has 1 aromatic rings. The van der Waals surface area contributed by atoms with E-state index in [0.717, 1.165) is 82.1 Å². The van der Waals surface area contributed by atoms with Crippen LogP contribution in [-0.4, -0.2) is 58.1 Å². The third-order valence-electron chi connectivity index (χ3n) is 11.1. The normalized spacial score (nSPS) is 31.2. The minimum absolute atomic E-state index is 0.140. The zero-order valence-corrected chi connectivity index (χ0v) is 29.0. The number of methoxy groups -OCH3 is 1. The fourth-order valence-electron chi connectivity index (χ4n) is 8.91. The Labute approximate surface area is 280 Å². The number of hydrogen-bond donors (Lipinski definition) is 0. The Hall–Kier alpha value is -1.15. The van der Waals surface area contributed by atoms with Gasteiger partial charge in [0.2, 0.25) is 0 Å². The Balaban J connectivity index is 1.08. The summed E-state index contributed by atoms with van der Waals surface area (Å²) in [5, 5.41) is 0. The second-order valence-electron chi connectivity index (χ2n) is 14.2. The predicted molar refractivity (Wildman–Crippen MR) is 171 cm³/mol. The molecule has 0 spiro atoms. The van der Waals surface area contributed by atoms with E-state index in [9.17, 15) is 30.4 Å². The van der Waals surface area contributed by atoms with Crippen LogP contribution in [0.3, 0.4) is 0 Å². The van der Waals surface area contributed by atoms with Gasteiger partial charge in [0.1, 0.15) is 18.0 Å². The molecule has 0 unspecified atom stereocenters. The van der Waals surface area contributed by atoms with E-state index in [4.69, 9.17) is 17.8 Å². The third-order valence-corrected chi connectivity index (χ3v) is 13.2. The molecule has 47 heavy (non-hydrogen) atoms. The second-order valence-corrected chi connectivity index (χ2v) is 16.6. The summed E-state index contributed by atoms with van der Waals surface area (Å²) in [6, 6.07) is 6.42. The quantitative estimate of drug-likeness (QED) is 0.0906. The molecule has 0 aromatic heterocycles. The molecular formula is C34H49F5O6S2. The first kappa shape index (κ1) is 37.1. The molecule has 0 amide bonds. The fourth-order valence-corrected chi connectivity index (χ4v) is 11.0. The molecule has 1 aromatic carbocycles. The van der Waals surface area contributed by atoms with E-state index in [-0.39, 0.29) is 18.6 Å². The number of fused-ring (bicyclic) bond motifs is 7. The largest absolute Gasteiger partial charge is 0.468 e. The maximum Gasteiger partial charge on any atom is 0.453 e. The average molecular weight is 713 g/mol. The molecule has 7 atom stereocenters. The van der Waals surface area contributed by atoms with E-state index >= 15 is 0 Å². The van der Waals surface area contributed by atoms with Gasteiger partial charge in [-0.1, -0.05) is 51.5 Å². The van der Waals surface area contributed by atoms with E-state index in [1.54, 1.807) is 7.11 Å². The van der Waals surface area contributed by atoms with Crippen LogP contribution in [0, 0.1) is 23.2 Å². The lowest BCUT2D eigenvalue weighted by Crippen LogP contribution is -2.47. The first-order valence-corrected chi connectivity index (χ1v) is 19.6. The molecular weight excluding hydrogens is 663 g/mol. The molecule has 13 heteroatoms. The molecule has 6 nitrogen and oxygen atoms in total. The Morgan fingerprint density at radius 1 is 0.979 bits per heavy atom. The van der Waals surface area contributed by atoms with Gasteiger partial charge in [0.25, 0.3) is 0 Å². The smallest absolute Gasteiger partial charge is 0.453 e. The number of rotatable bonds is 17. The highest BCUT2D eigenvalue weighted by Crippen LogP contribution is 2.65. The van der Waals surface area contributed by atoms with Gasteiger partial charge in [-0.25, -0.2) is 8.37 Å². The third kappa shape index (κ3) is 8.60. The highest BCUT2D eigenvalue weighted by atomic mass is 32.3. The van der Waals surface area contributed by atoms with Gasteiger partial charge in [-0.15, -0.1) is 0 Å². The Morgan fingerprint density at radius 3 is 2.40 bits per heavy atom. The molecule has 3 aliphatic carbocycles. The van der Waals surface area contributed by atoms with E-state index < -0.39 is 41.1 Å². The van der Waals surface area contributed by atoms with Gasteiger partial charge in [0.15, 0.2) is 6.79 Å². The molecule has 0 radical (unpaired) electrons. The molecule has 1 saturated heterocycles. The van der Waals surface area contributed by atoms with Gasteiger partial charge in [-0.3, -0.25) is 0 Å². The van der Waals surface area contributed by atoms with Crippen LogP contribution in [0.15, 0.2) is 18.2 Å². The number of ether oxygens (including phenoxy) is 2. The number of benzene rings is 1. The first-order valence-electron chi connectivity index (χ1n) is 17.1. The van der Waals surface area contributed by atoms with Crippen LogP contribution < -0.4 is 4.74 Å². The van der Waals surface area contributed by atoms with Crippen LogP contribution in [0.5, 0.6) is 5.75 Å². The maximum atomic E-state index is 13.0. The van der Waals surface area contributed by atoms with E-state index in [1.807, 2.05) is 6.07 Å². The summed E-state index contributed by atoms with van der Waals surface area (Å²) >= 11 is 1.45. The Bertz CT molecular complexity index is 1290. The van der Waals surface area contributed by atoms with E-state index in [0.29, 0.717) is 35.8 Å². The molecule has 268 valence electrons. The van der Waals surface area contributed by atoms with Crippen molar-refractivity contribution in [1.29, 1.82) is 0 Å². The molecule has 0 bridgehead atoms. The van der Waals surface area contributed by atoms with Crippen molar-refractivity contribution in [3.63, 3.8) is 0 Å². The standard InChI is InChI=1S/C34H49F5O6S2/c1-32-16-14-27-26-13-12-25(43-22-42-2)20-24(26)19-23(30(27)28(32)21-29-31(32)45-47(40,41)44-29)11-8-6-4-3-5-7-9-17-46-18-10-15-33(35,36)34(37,38)39/h12-13,20,23,27-31H,3-11,14-19,21-22H2,1-2H3/t23-,27-,28+,29+,30-,31+,32+/m1/s1. The Morgan fingerprint density at radius 2 is 1.68 bits per heavy atom. The second kappa shape index (κ2) is 15.4. The molecule has 1 heterocycles. The summed E-state index contributed by atoms with van der Waals surface area (Å²) in [7, 11) is -2.32. The topological polar surface area (TPSA) is 71.1 Å². The van der Waals surface area contributed by atoms with Crippen LogP contribution in [0.25, 0.3) is 0 Å². The van der Waals surface area contributed by atoms with Crippen molar-refractivity contribution in [1.82, 2.24) is 0 Å². The number of hydrogen-bond acceptors (Lipinski definition) is 7. The highest BCUT2D eigenvalue weighted by Gasteiger charge is 2.65. The predicted octanol–water partition coefficient (Wildman–Crippen LogP) is 9.22. The minimum atomic E-state index is -5.46. The number of halogens is 5. The summed E-state index contributed by atoms with van der Waals surface area (Å²) in [4.78, 5) is 0. The molecule has 5 rings (SSSR count). The zero-order valence-electron chi connectivity index (χ0n) is 27.4. The molecule has 4 aliphatic rings. The van der Waals surface area contributed by atoms with Crippen molar-refractivity contribution in [2.75, 3.05) is 25.4 Å². The molecule has 3 fully saturated rings. The SMILES string of the molecule is COCOc1ccc2c(c1)C[C@@H](CCCCCCCCCSCCCC(F)(F)C(F)(F)F)[C@@H]1[C@@H]2CC[C@@]2(C)[C@H]1C[C@@H]1OS(=O)(=O)O[C@@H]12. The van der Waals surface area contributed by atoms with Crippen molar-refractivity contribution in [2.45, 2.75) is 127 Å². The van der Waals surface area contributed by atoms with Crippen LogP contribution in [0.4, 0.5) is 22.0 Å². The van der Waals surface area contributed by atoms with Gasteiger partial charge in [0.05, 0.1) is 0 Å². The number of alkyl halides is 5. The maximum absolute atomic E-state index is 13.0. The lowest BCUT2D eigenvalue weighted by atomic mass is 9.52. The summed E-state index contributed by atoms with van der Waals surface area (Å²) < 4.78 is 109.